The van der Waals surface area contributed by atoms with E-state index in [1.807, 2.05) is 0 Å². The summed E-state index contributed by atoms with van der Waals surface area (Å²) in [4.78, 5) is 0. The Balaban J connectivity index is 2.32. The molecule has 23 heavy (non-hydrogen) atoms. The van der Waals surface area contributed by atoms with E-state index in [1.165, 1.54) is 4.68 Å². The first-order chi connectivity index (χ1) is 10.9. The molecule has 1 heterocycles. The zero-order valence-electron chi connectivity index (χ0n) is 11.7. The fourth-order valence-corrected chi connectivity index (χ4v) is 2.86. The van der Waals surface area contributed by atoms with Crippen LogP contribution in [0.15, 0.2) is 36.4 Å². The highest BCUT2D eigenvalue weighted by Gasteiger charge is 2.24. The summed E-state index contributed by atoms with van der Waals surface area (Å²) in [6.07, 6.45) is 0. The van der Waals surface area contributed by atoms with Crippen LogP contribution in [-0.2, 0) is 7.05 Å². The Morgan fingerprint density at radius 2 is 1.48 bits per heavy atom. The molecule has 0 fully saturated rings. The van der Waals surface area contributed by atoms with Gasteiger partial charge >= 0.3 is 0 Å². The number of nitrogens with zero attached hydrogens (tertiary/aromatic N) is 2. The van der Waals surface area contributed by atoms with Gasteiger partial charge in [0, 0.05) is 29.8 Å². The van der Waals surface area contributed by atoms with Crippen LogP contribution in [0.4, 0.5) is 13.2 Å². The van der Waals surface area contributed by atoms with Crippen LogP contribution in [0.5, 0.6) is 0 Å². The van der Waals surface area contributed by atoms with Crippen molar-refractivity contribution in [3.8, 4) is 22.4 Å². The lowest BCUT2D eigenvalue weighted by Gasteiger charge is -2.09. The quantitative estimate of drug-likeness (QED) is 0.594. The van der Waals surface area contributed by atoms with Gasteiger partial charge in [-0.3, -0.25) is 4.68 Å². The third-order valence-electron chi connectivity index (χ3n) is 3.38. The Hall–Kier alpha value is -1.98. The van der Waals surface area contributed by atoms with Crippen molar-refractivity contribution in [3.05, 3.63) is 64.0 Å². The molecule has 0 atom stereocenters. The molecule has 2 nitrogen and oxygen atoms in total. The first-order valence-electron chi connectivity index (χ1n) is 6.52. The molecule has 1 aromatic heterocycles. The van der Waals surface area contributed by atoms with Crippen molar-refractivity contribution >= 4 is 23.2 Å². The lowest BCUT2D eigenvalue weighted by molar-refractivity contribution is 0.548. The minimum Gasteiger partial charge on any atom is -0.266 e. The largest absolute Gasteiger partial charge is 0.266 e. The molecular weight excluding hydrogens is 348 g/mol. The molecule has 0 amide bonds. The second-order valence-electron chi connectivity index (χ2n) is 4.89. The predicted octanol–water partition coefficient (Wildman–Crippen LogP) is 5.48. The topological polar surface area (TPSA) is 17.8 Å². The van der Waals surface area contributed by atoms with Crippen LogP contribution in [0, 0.1) is 17.5 Å². The molecule has 3 aromatic rings. The van der Waals surface area contributed by atoms with Crippen LogP contribution in [0.25, 0.3) is 22.4 Å². The number of halogens is 5. The standard InChI is InChI=1S/C16H9Cl2F3N2/c1-23-15(8-2-4-9(17)5-3-8)14(16(18)22-23)13-11(20)6-10(19)7-12(13)21/h2-7H,1H3. The summed E-state index contributed by atoms with van der Waals surface area (Å²) in [6.45, 7) is 0. The zero-order chi connectivity index (χ0) is 16.7. The van der Waals surface area contributed by atoms with E-state index in [4.69, 9.17) is 23.2 Å². The van der Waals surface area contributed by atoms with Crippen molar-refractivity contribution in [2.24, 2.45) is 7.05 Å². The average molecular weight is 357 g/mol. The highest BCUT2D eigenvalue weighted by Crippen LogP contribution is 2.40. The zero-order valence-corrected chi connectivity index (χ0v) is 13.3. The van der Waals surface area contributed by atoms with Gasteiger partial charge in [0.2, 0.25) is 0 Å². The van der Waals surface area contributed by atoms with Crippen LogP contribution in [0.1, 0.15) is 0 Å². The van der Waals surface area contributed by atoms with Crippen LogP contribution >= 0.6 is 23.2 Å². The van der Waals surface area contributed by atoms with Crippen LogP contribution < -0.4 is 0 Å². The number of aryl methyl sites for hydroxylation is 1. The molecule has 7 heteroatoms. The number of benzene rings is 2. The van der Waals surface area contributed by atoms with E-state index in [2.05, 4.69) is 5.10 Å². The highest BCUT2D eigenvalue weighted by atomic mass is 35.5. The number of hydrogen-bond donors (Lipinski definition) is 0. The monoisotopic (exact) mass is 356 g/mol. The minimum atomic E-state index is -1.05. The van der Waals surface area contributed by atoms with Crippen molar-refractivity contribution in [1.82, 2.24) is 9.78 Å². The second-order valence-corrected chi connectivity index (χ2v) is 5.68. The van der Waals surface area contributed by atoms with E-state index in [0.29, 0.717) is 28.4 Å². The summed E-state index contributed by atoms with van der Waals surface area (Å²) in [5.41, 5.74) is 0.659. The van der Waals surface area contributed by atoms with Crippen molar-refractivity contribution in [2.75, 3.05) is 0 Å². The first kappa shape index (κ1) is 15.9. The Morgan fingerprint density at radius 3 is 2.04 bits per heavy atom. The lowest BCUT2D eigenvalue weighted by atomic mass is 10.0. The van der Waals surface area contributed by atoms with Gasteiger partial charge in [0.1, 0.15) is 17.5 Å². The molecule has 118 valence electrons. The SMILES string of the molecule is Cn1nc(Cl)c(-c2c(F)cc(F)cc2F)c1-c1ccc(Cl)cc1. The molecule has 0 saturated heterocycles. The number of rotatable bonds is 2. The Kier molecular flexibility index (Phi) is 4.08. The van der Waals surface area contributed by atoms with Gasteiger partial charge in [-0.05, 0) is 12.1 Å². The van der Waals surface area contributed by atoms with Crippen molar-refractivity contribution < 1.29 is 13.2 Å². The van der Waals surface area contributed by atoms with Crippen LogP contribution in [0.2, 0.25) is 10.2 Å². The minimum absolute atomic E-state index is 0.0616. The molecule has 0 aliphatic carbocycles. The van der Waals surface area contributed by atoms with E-state index in [-0.39, 0.29) is 10.7 Å². The lowest BCUT2D eigenvalue weighted by Crippen LogP contribution is -1.97. The predicted molar refractivity (Wildman–Crippen MR) is 84.0 cm³/mol. The normalized spacial score (nSPS) is 11.0. The van der Waals surface area contributed by atoms with Gasteiger partial charge in [0.05, 0.1) is 16.8 Å². The van der Waals surface area contributed by atoms with Gasteiger partial charge in [-0.15, -0.1) is 0 Å². The van der Waals surface area contributed by atoms with Gasteiger partial charge in [0.15, 0.2) is 5.15 Å². The summed E-state index contributed by atoms with van der Waals surface area (Å²) in [6, 6.07) is 7.84. The maximum Gasteiger partial charge on any atom is 0.159 e. The molecule has 0 saturated carbocycles. The van der Waals surface area contributed by atoms with Crippen LogP contribution in [0.3, 0.4) is 0 Å². The molecule has 0 N–H and O–H groups in total. The van der Waals surface area contributed by atoms with Crippen LogP contribution in [-0.4, -0.2) is 9.78 Å². The smallest absolute Gasteiger partial charge is 0.159 e. The number of hydrogen-bond acceptors (Lipinski definition) is 1. The summed E-state index contributed by atoms with van der Waals surface area (Å²) < 4.78 is 42.9. The maximum absolute atomic E-state index is 14.1. The first-order valence-corrected chi connectivity index (χ1v) is 7.27. The molecule has 2 aromatic carbocycles. The van der Waals surface area contributed by atoms with E-state index in [0.717, 1.165) is 0 Å². The maximum atomic E-state index is 14.1. The van der Waals surface area contributed by atoms with E-state index in [9.17, 15) is 13.2 Å². The van der Waals surface area contributed by atoms with E-state index in [1.54, 1.807) is 31.3 Å². The molecule has 3 rings (SSSR count). The Labute approximate surface area is 140 Å². The highest BCUT2D eigenvalue weighted by molar-refractivity contribution is 6.33. The average Bonchev–Trinajstić information content (AvgIpc) is 2.74. The second kappa shape index (κ2) is 5.91. The molecule has 0 aliphatic rings. The van der Waals surface area contributed by atoms with Crippen molar-refractivity contribution in [3.63, 3.8) is 0 Å². The van der Waals surface area contributed by atoms with Crippen molar-refractivity contribution in [2.45, 2.75) is 0 Å². The Bertz CT molecular complexity index is 866. The van der Waals surface area contributed by atoms with E-state index < -0.39 is 23.0 Å². The molecule has 0 unspecified atom stereocenters. The summed E-state index contributed by atoms with van der Waals surface area (Å²) in [5.74, 6) is -3.10. The van der Waals surface area contributed by atoms with Gasteiger partial charge in [-0.2, -0.15) is 5.10 Å². The van der Waals surface area contributed by atoms with Gasteiger partial charge < -0.3 is 0 Å². The van der Waals surface area contributed by atoms with Gasteiger partial charge in [-0.25, -0.2) is 13.2 Å². The molecule has 0 radical (unpaired) electrons. The summed E-state index contributed by atoms with van der Waals surface area (Å²) in [7, 11) is 1.60. The fraction of sp³-hybridized carbons (Fsp3) is 0.0625. The van der Waals surface area contributed by atoms with E-state index >= 15 is 0 Å². The number of aromatic nitrogens is 2. The van der Waals surface area contributed by atoms with Gasteiger partial charge in [0.25, 0.3) is 0 Å². The Morgan fingerprint density at radius 1 is 0.913 bits per heavy atom. The third-order valence-corrected chi connectivity index (χ3v) is 3.90. The summed E-state index contributed by atoms with van der Waals surface area (Å²) >= 11 is 11.9. The molecule has 0 bridgehead atoms. The fourth-order valence-electron chi connectivity index (χ4n) is 2.43. The third kappa shape index (κ3) is 2.82. The van der Waals surface area contributed by atoms with Gasteiger partial charge in [-0.1, -0.05) is 35.3 Å². The van der Waals surface area contributed by atoms with Crippen molar-refractivity contribution in [1.29, 1.82) is 0 Å². The molecule has 0 spiro atoms. The summed E-state index contributed by atoms with van der Waals surface area (Å²) in [5, 5.41) is 4.45. The molecular formula is C16H9Cl2F3N2. The molecule has 0 aliphatic heterocycles.